The first kappa shape index (κ1) is 64.3. The fourth-order valence-electron chi connectivity index (χ4n) is 13.5. The molecule has 10 atom stereocenters. The van der Waals surface area contributed by atoms with Gasteiger partial charge < -0.3 is 58.1 Å². The van der Waals surface area contributed by atoms with Gasteiger partial charge in [-0.05, 0) is 157 Å². The van der Waals surface area contributed by atoms with Crippen LogP contribution >= 0.6 is 24.8 Å². The van der Waals surface area contributed by atoms with Gasteiger partial charge in [-0.2, -0.15) is 0 Å². The molecule has 19 nitrogen and oxygen atoms in total. The van der Waals surface area contributed by atoms with Gasteiger partial charge in [0.15, 0.2) is 0 Å². The minimum absolute atomic E-state index is 0. The topological polar surface area (TPSA) is 265 Å². The predicted octanol–water partition coefficient (Wildman–Crippen LogP) is 5.24. The molecule has 4 aliphatic carbocycles. The molecule has 2 heterocycles. The van der Waals surface area contributed by atoms with E-state index in [0.29, 0.717) is 0 Å². The van der Waals surface area contributed by atoms with Crippen LogP contribution in [0.4, 0.5) is 5.69 Å². The molecular formula is C62H87Cl2N11O8. The van der Waals surface area contributed by atoms with Gasteiger partial charge in [-0.3, -0.25) is 38.4 Å². The Morgan fingerprint density at radius 1 is 0.506 bits per heavy atom. The fourth-order valence-corrected chi connectivity index (χ4v) is 13.5. The first-order valence-electron chi connectivity index (χ1n) is 30.0. The number of likely N-dealkylation sites (N-methyl/N-ethyl adjacent to an activating group) is 2. The third-order valence-corrected chi connectivity index (χ3v) is 18.3. The molecule has 0 bridgehead atoms. The van der Waals surface area contributed by atoms with E-state index in [1.54, 1.807) is 27.9 Å². The summed E-state index contributed by atoms with van der Waals surface area (Å²) in [5.41, 5.74) is 11.2. The number of fused-ring (bicyclic) bond motifs is 2. The second-order valence-electron chi connectivity index (χ2n) is 23.8. The third-order valence-electron chi connectivity index (χ3n) is 18.3. The average Bonchev–Trinajstić information content (AvgIpc) is 4.34. The highest BCUT2D eigenvalue weighted by atomic mass is 35.5. The molecule has 3 aromatic rings. The van der Waals surface area contributed by atoms with E-state index in [4.69, 9.17) is 5.73 Å². The van der Waals surface area contributed by atoms with Crippen molar-refractivity contribution in [3.8, 4) is 0 Å². The normalized spacial score (nSPS) is 23.9. The number of aryl methyl sites for hydroxylation is 2. The van der Waals surface area contributed by atoms with Crippen molar-refractivity contribution in [3.63, 3.8) is 0 Å². The maximum atomic E-state index is 15.0. The molecule has 1 unspecified atom stereocenters. The van der Waals surface area contributed by atoms with E-state index in [1.807, 2.05) is 36.4 Å². The fraction of sp³-hybridized carbons (Fsp3) is 0.581. The van der Waals surface area contributed by atoms with Crippen molar-refractivity contribution in [2.75, 3.05) is 32.9 Å². The van der Waals surface area contributed by atoms with Crippen LogP contribution in [0.15, 0.2) is 66.7 Å². The summed E-state index contributed by atoms with van der Waals surface area (Å²) in [6.07, 6.45) is 14.0. The van der Waals surface area contributed by atoms with Crippen molar-refractivity contribution in [2.24, 2.45) is 11.8 Å². The van der Waals surface area contributed by atoms with Crippen LogP contribution in [0, 0.1) is 11.8 Å². The number of nitrogens with zero attached hydrogens (tertiary/aromatic N) is 2. The molecule has 0 spiro atoms. The van der Waals surface area contributed by atoms with Crippen molar-refractivity contribution < 1.29 is 38.4 Å². The van der Waals surface area contributed by atoms with Crippen LogP contribution in [0.1, 0.15) is 172 Å². The highest BCUT2D eigenvalue weighted by molar-refractivity contribution is 6.02. The molecule has 452 valence electrons. The number of amides is 8. The Hall–Kier alpha value is -6.28. The lowest BCUT2D eigenvalue weighted by molar-refractivity contribution is -0.143. The van der Waals surface area contributed by atoms with Gasteiger partial charge in [0.2, 0.25) is 35.4 Å². The van der Waals surface area contributed by atoms with E-state index < -0.39 is 60.1 Å². The quantitative estimate of drug-likeness (QED) is 0.0744. The van der Waals surface area contributed by atoms with E-state index in [-0.39, 0.29) is 127 Å². The van der Waals surface area contributed by atoms with Crippen LogP contribution in [-0.2, 0) is 41.6 Å². The third kappa shape index (κ3) is 15.4. The monoisotopic (exact) mass is 1180 g/mol. The van der Waals surface area contributed by atoms with Crippen LogP contribution in [-0.4, -0.2) is 133 Å². The number of nitrogen functional groups attached to an aromatic ring is 1. The van der Waals surface area contributed by atoms with Crippen molar-refractivity contribution in [1.82, 2.24) is 52.3 Å². The van der Waals surface area contributed by atoms with Crippen LogP contribution in [0.2, 0.25) is 0 Å². The lowest BCUT2D eigenvalue weighted by Gasteiger charge is -2.35. The average molecular weight is 1190 g/mol. The van der Waals surface area contributed by atoms with E-state index in [9.17, 15) is 28.8 Å². The number of halogens is 2. The molecule has 0 aromatic heterocycles. The Balaban J connectivity index is 0.00000495. The number of carbonyl (C=O) groups is 8. The SMILES string of the molecule is CN[C@@H](C)C(=O)N[C@@H](C(=O)N1C[C@@H](NC(=O)c2cc(N)cc(C(=O)N[C@H]3C[C@@H](C(=O)N[C@@H]4CCCc5ccccc54)N(C(=O)[C@H](NC(=O)[C@H](C)NC)C4CCCCC4)C3)c2)CC1C(=O)N[C@@H]1CCCc2ccccc21)C1CCCCC1.Cl.Cl. The van der Waals surface area contributed by atoms with Crippen molar-refractivity contribution in [1.29, 1.82) is 0 Å². The van der Waals surface area contributed by atoms with Gasteiger partial charge in [-0.15, -0.1) is 24.8 Å². The summed E-state index contributed by atoms with van der Waals surface area (Å²) in [6.45, 7) is 3.45. The zero-order chi connectivity index (χ0) is 57.3. The number of nitrogens with two attached hydrogens (primary N) is 1. The Kier molecular flexibility index (Phi) is 22.8. The Morgan fingerprint density at radius 2 is 0.892 bits per heavy atom. The van der Waals surface area contributed by atoms with Crippen LogP contribution < -0.4 is 48.3 Å². The van der Waals surface area contributed by atoms with Crippen molar-refractivity contribution in [2.45, 2.75) is 190 Å². The van der Waals surface area contributed by atoms with Crippen molar-refractivity contribution >= 4 is 77.8 Å². The lowest BCUT2D eigenvalue weighted by atomic mass is 9.83. The number of carbonyl (C=O) groups excluding carboxylic acids is 8. The molecule has 4 fully saturated rings. The molecule has 2 saturated carbocycles. The highest BCUT2D eigenvalue weighted by Gasteiger charge is 2.47. The molecule has 10 N–H and O–H groups in total. The Labute approximate surface area is 500 Å². The number of nitrogens with one attached hydrogen (secondary N) is 8. The second-order valence-corrected chi connectivity index (χ2v) is 23.8. The molecule has 3 aromatic carbocycles. The van der Waals surface area contributed by atoms with Gasteiger partial charge >= 0.3 is 0 Å². The maximum absolute atomic E-state index is 15.0. The minimum atomic E-state index is -0.961. The molecular weight excluding hydrogens is 1100 g/mol. The highest BCUT2D eigenvalue weighted by Crippen LogP contribution is 2.35. The Bertz CT molecular complexity index is 2630. The summed E-state index contributed by atoms with van der Waals surface area (Å²) >= 11 is 0. The number of benzene rings is 3. The first-order valence-corrected chi connectivity index (χ1v) is 30.0. The molecule has 0 radical (unpaired) electrons. The molecule has 2 saturated heterocycles. The summed E-state index contributed by atoms with van der Waals surface area (Å²) < 4.78 is 0. The smallest absolute Gasteiger partial charge is 0.251 e. The van der Waals surface area contributed by atoms with Crippen LogP contribution in [0.25, 0.3) is 0 Å². The van der Waals surface area contributed by atoms with E-state index >= 15 is 9.59 Å². The summed E-state index contributed by atoms with van der Waals surface area (Å²) in [5.74, 6) is -3.47. The van der Waals surface area contributed by atoms with Gasteiger partial charge in [-0.25, -0.2) is 0 Å². The summed E-state index contributed by atoms with van der Waals surface area (Å²) in [7, 11) is 3.36. The van der Waals surface area contributed by atoms with E-state index in [0.717, 1.165) is 114 Å². The van der Waals surface area contributed by atoms with Gasteiger partial charge in [0.25, 0.3) is 11.8 Å². The van der Waals surface area contributed by atoms with Crippen molar-refractivity contribution in [3.05, 3.63) is 100 Å². The van der Waals surface area contributed by atoms with Gasteiger partial charge in [0.1, 0.15) is 24.2 Å². The zero-order valence-electron chi connectivity index (χ0n) is 48.5. The van der Waals surface area contributed by atoms with E-state index in [2.05, 4.69) is 54.7 Å². The molecule has 83 heavy (non-hydrogen) atoms. The van der Waals surface area contributed by atoms with E-state index in [1.165, 1.54) is 39.1 Å². The number of hydrogen-bond donors (Lipinski definition) is 9. The summed E-state index contributed by atoms with van der Waals surface area (Å²) in [4.78, 5) is 118. The summed E-state index contributed by atoms with van der Waals surface area (Å²) in [5, 5.41) is 24.6. The van der Waals surface area contributed by atoms with Crippen LogP contribution in [0.3, 0.4) is 0 Å². The lowest BCUT2D eigenvalue weighted by Crippen LogP contribution is -2.58. The number of likely N-dealkylation sites (tertiary alicyclic amines) is 2. The maximum Gasteiger partial charge on any atom is 0.251 e. The minimum Gasteiger partial charge on any atom is -0.399 e. The number of rotatable bonds is 18. The van der Waals surface area contributed by atoms with Gasteiger partial charge in [0, 0.05) is 42.0 Å². The molecule has 6 aliphatic rings. The van der Waals surface area contributed by atoms with Crippen LogP contribution in [0.5, 0.6) is 0 Å². The molecule has 8 amide bonds. The number of hydrogen-bond acceptors (Lipinski definition) is 11. The molecule has 2 aliphatic heterocycles. The standard InChI is InChI=1S/C62H85N11O8.2ClH/c1-36(64-3)55(74)70-53(40-19-7-5-8-20-40)61(80)72-34-45(32-51(72)59(78)68-49-27-15-23-38-17-11-13-25-47(38)49)66-57(76)42-29-43(31-44(63)30-42)58(77)67-46-33-52(60(79)69-50-28-16-24-39-18-12-14-26-48(39)50)73(35-46)62(81)54(41-21-9-6-10-22-41)71-56(75)37(2)65-4;;/h11-14,17-18,25-26,29-31,36-37,40-41,45-46,49-54,64-65H,5-10,15-16,19-24,27-28,32-35,63H2,1-4H3,(H,66,76)(H,67,77)(H,68,78)(H,69,79)(H,70,74)(H,71,75);2*1H/t36-,37-,45-,46-,49+,50+,51-,52?,53+,54+;;/m0../s1. The summed E-state index contributed by atoms with van der Waals surface area (Å²) in [6, 6.07) is 13.7. The largest absolute Gasteiger partial charge is 0.399 e. The Morgan fingerprint density at radius 3 is 1.28 bits per heavy atom. The molecule has 21 heteroatoms. The predicted molar refractivity (Wildman–Crippen MR) is 323 cm³/mol. The first-order chi connectivity index (χ1) is 39.1. The van der Waals surface area contributed by atoms with Gasteiger partial charge in [-0.1, -0.05) is 87.1 Å². The number of anilines is 1. The second kappa shape index (κ2) is 29.5. The zero-order valence-corrected chi connectivity index (χ0v) is 50.1. The van der Waals surface area contributed by atoms with Gasteiger partial charge in [0.05, 0.1) is 24.2 Å². The molecule has 9 rings (SSSR count).